The van der Waals surface area contributed by atoms with Gasteiger partial charge < -0.3 is 4.74 Å². The summed E-state index contributed by atoms with van der Waals surface area (Å²) in [5, 5.41) is 3.20. The van der Waals surface area contributed by atoms with Crippen LogP contribution in [0.4, 0.5) is 13.2 Å². The molecule has 0 bridgehead atoms. The lowest BCUT2D eigenvalue weighted by Crippen LogP contribution is -2.60. The third-order valence-corrected chi connectivity index (χ3v) is 3.80. The quantitative estimate of drug-likeness (QED) is 0.714. The van der Waals surface area contributed by atoms with E-state index >= 15 is 0 Å². The van der Waals surface area contributed by atoms with Gasteiger partial charge in [-0.05, 0) is 19.3 Å². The fourth-order valence-electron chi connectivity index (χ4n) is 2.64. The largest absolute Gasteiger partial charge is 0.391 e. The Kier molecular flexibility index (Phi) is 3.19. The third-order valence-electron chi connectivity index (χ3n) is 3.80. The van der Waals surface area contributed by atoms with Crippen molar-refractivity contribution in [3.8, 4) is 0 Å². The number of alkyl halides is 3. The van der Waals surface area contributed by atoms with Crippen LogP contribution < -0.4 is 5.32 Å². The number of ether oxygens (including phenoxy) is 1. The predicted octanol–water partition coefficient (Wildman–Crippen LogP) is 3.08. The summed E-state index contributed by atoms with van der Waals surface area (Å²) < 4.78 is 44.0. The molecule has 1 N–H and O–H groups in total. The van der Waals surface area contributed by atoms with Gasteiger partial charge in [-0.3, -0.25) is 5.32 Å². The molecule has 0 aromatic rings. The Morgan fingerprint density at radius 2 is 2.00 bits per heavy atom. The van der Waals surface area contributed by atoms with Crippen molar-refractivity contribution in [1.82, 2.24) is 5.32 Å². The monoisotopic (exact) mass is 251 g/mol. The summed E-state index contributed by atoms with van der Waals surface area (Å²) in [6.45, 7) is 5.36. The van der Waals surface area contributed by atoms with Gasteiger partial charge >= 0.3 is 6.18 Å². The highest BCUT2D eigenvalue weighted by Gasteiger charge is 2.50. The van der Waals surface area contributed by atoms with Crippen LogP contribution in [0.15, 0.2) is 0 Å². The molecule has 0 radical (unpaired) electrons. The SMILES string of the molecule is CC1(C)CNC2(CCCC(C(F)(F)F)C2)OC1. The summed E-state index contributed by atoms with van der Waals surface area (Å²) in [5.41, 5.74) is -0.718. The Labute approximate surface area is 99.9 Å². The van der Waals surface area contributed by atoms with Crippen LogP contribution in [0, 0.1) is 11.3 Å². The first-order valence-corrected chi connectivity index (χ1v) is 6.18. The molecule has 17 heavy (non-hydrogen) atoms. The summed E-state index contributed by atoms with van der Waals surface area (Å²) in [6, 6.07) is 0. The molecule has 2 atom stereocenters. The minimum absolute atomic E-state index is 0.0103. The van der Waals surface area contributed by atoms with E-state index in [0.29, 0.717) is 19.4 Å². The molecule has 2 unspecified atom stereocenters. The molecular formula is C12H20F3NO. The molecule has 100 valence electrons. The van der Waals surface area contributed by atoms with E-state index in [2.05, 4.69) is 19.2 Å². The second-order valence-corrected chi connectivity index (χ2v) is 6.14. The van der Waals surface area contributed by atoms with Crippen LogP contribution in [0.1, 0.15) is 39.5 Å². The van der Waals surface area contributed by atoms with E-state index in [-0.39, 0.29) is 18.3 Å². The van der Waals surface area contributed by atoms with Crippen molar-refractivity contribution in [2.75, 3.05) is 13.2 Å². The van der Waals surface area contributed by atoms with E-state index in [1.165, 1.54) is 0 Å². The van der Waals surface area contributed by atoms with Gasteiger partial charge in [-0.1, -0.05) is 13.8 Å². The molecule has 1 spiro atoms. The minimum Gasteiger partial charge on any atom is -0.360 e. The third kappa shape index (κ3) is 2.94. The van der Waals surface area contributed by atoms with Crippen LogP contribution in [0.2, 0.25) is 0 Å². The van der Waals surface area contributed by atoms with Crippen molar-refractivity contribution in [3.63, 3.8) is 0 Å². The lowest BCUT2D eigenvalue weighted by Gasteiger charge is -2.48. The van der Waals surface area contributed by atoms with Gasteiger partial charge in [0.1, 0.15) is 5.72 Å². The normalized spacial score (nSPS) is 38.3. The molecule has 1 aliphatic carbocycles. The summed E-state index contributed by atoms with van der Waals surface area (Å²) in [7, 11) is 0. The van der Waals surface area contributed by atoms with E-state index in [1.54, 1.807) is 0 Å². The standard InChI is InChI=1S/C12H20F3NO/c1-10(2)7-16-11(17-8-10)5-3-4-9(6-11)12(13,14)15/h9,16H,3-8H2,1-2H3. The average Bonchev–Trinajstić information content (AvgIpc) is 2.23. The molecule has 2 rings (SSSR count). The molecule has 1 aliphatic heterocycles. The summed E-state index contributed by atoms with van der Waals surface area (Å²) >= 11 is 0. The first-order chi connectivity index (χ1) is 7.73. The molecule has 2 fully saturated rings. The fourth-order valence-corrected chi connectivity index (χ4v) is 2.64. The second kappa shape index (κ2) is 4.12. The molecule has 0 amide bonds. The summed E-state index contributed by atoms with van der Waals surface area (Å²) in [5.74, 6) is -1.22. The van der Waals surface area contributed by atoms with E-state index < -0.39 is 17.8 Å². The number of hydrogen-bond acceptors (Lipinski definition) is 2. The molecule has 2 nitrogen and oxygen atoms in total. The average molecular weight is 251 g/mol. The maximum Gasteiger partial charge on any atom is 0.391 e. The maximum absolute atomic E-state index is 12.7. The maximum atomic E-state index is 12.7. The number of rotatable bonds is 0. The first-order valence-electron chi connectivity index (χ1n) is 6.18. The van der Waals surface area contributed by atoms with Crippen LogP contribution in [-0.2, 0) is 4.74 Å². The molecule has 0 aromatic carbocycles. The Morgan fingerprint density at radius 3 is 2.53 bits per heavy atom. The first kappa shape index (κ1) is 13.1. The zero-order valence-corrected chi connectivity index (χ0v) is 10.4. The molecular weight excluding hydrogens is 231 g/mol. The number of halogens is 3. The number of hydrogen-bond donors (Lipinski definition) is 1. The van der Waals surface area contributed by atoms with Crippen molar-refractivity contribution < 1.29 is 17.9 Å². The molecule has 1 heterocycles. The lowest BCUT2D eigenvalue weighted by atomic mass is 9.80. The number of nitrogens with one attached hydrogen (secondary N) is 1. The van der Waals surface area contributed by atoms with Gasteiger partial charge in [-0.25, -0.2) is 0 Å². The van der Waals surface area contributed by atoms with E-state index in [1.807, 2.05) is 0 Å². The molecule has 0 aromatic heterocycles. The Morgan fingerprint density at radius 1 is 1.29 bits per heavy atom. The van der Waals surface area contributed by atoms with E-state index in [0.717, 1.165) is 6.54 Å². The zero-order chi connectivity index (χ0) is 12.7. The van der Waals surface area contributed by atoms with E-state index in [9.17, 15) is 13.2 Å². The Hall–Kier alpha value is -0.290. The van der Waals surface area contributed by atoms with Crippen LogP contribution >= 0.6 is 0 Å². The van der Waals surface area contributed by atoms with Gasteiger partial charge in [0, 0.05) is 18.4 Å². The molecule has 2 aliphatic rings. The van der Waals surface area contributed by atoms with Crippen molar-refractivity contribution in [2.24, 2.45) is 11.3 Å². The van der Waals surface area contributed by atoms with Gasteiger partial charge in [0.2, 0.25) is 0 Å². The second-order valence-electron chi connectivity index (χ2n) is 6.14. The van der Waals surface area contributed by atoms with Gasteiger partial charge in [0.25, 0.3) is 0 Å². The fraction of sp³-hybridized carbons (Fsp3) is 1.00. The van der Waals surface area contributed by atoms with Crippen LogP contribution in [0.3, 0.4) is 0 Å². The van der Waals surface area contributed by atoms with Crippen molar-refractivity contribution in [3.05, 3.63) is 0 Å². The highest BCUT2D eigenvalue weighted by atomic mass is 19.4. The minimum atomic E-state index is -4.09. The summed E-state index contributed by atoms with van der Waals surface area (Å²) in [4.78, 5) is 0. The van der Waals surface area contributed by atoms with Crippen LogP contribution in [0.5, 0.6) is 0 Å². The molecule has 1 saturated carbocycles. The topological polar surface area (TPSA) is 21.3 Å². The Balaban J connectivity index is 2.02. The highest BCUT2D eigenvalue weighted by molar-refractivity contribution is 4.93. The lowest BCUT2D eigenvalue weighted by molar-refractivity contribution is -0.226. The van der Waals surface area contributed by atoms with Gasteiger partial charge in [-0.2, -0.15) is 13.2 Å². The van der Waals surface area contributed by atoms with Gasteiger partial charge in [0.15, 0.2) is 0 Å². The van der Waals surface area contributed by atoms with Gasteiger partial charge in [-0.15, -0.1) is 0 Å². The van der Waals surface area contributed by atoms with Crippen molar-refractivity contribution in [2.45, 2.75) is 51.4 Å². The predicted molar refractivity (Wildman–Crippen MR) is 58.5 cm³/mol. The molecule has 1 saturated heterocycles. The van der Waals surface area contributed by atoms with E-state index in [4.69, 9.17) is 4.74 Å². The summed E-state index contributed by atoms with van der Waals surface area (Å²) in [6.07, 6.45) is -2.52. The van der Waals surface area contributed by atoms with Crippen LogP contribution in [-0.4, -0.2) is 25.1 Å². The van der Waals surface area contributed by atoms with Gasteiger partial charge in [0.05, 0.1) is 12.5 Å². The highest BCUT2D eigenvalue weighted by Crippen LogP contribution is 2.44. The van der Waals surface area contributed by atoms with Crippen LogP contribution in [0.25, 0.3) is 0 Å². The van der Waals surface area contributed by atoms with Crippen molar-refractivity contribution >= 4 is 0 Å². The Bertz CT molecular complexity index is 278. The zero-order valence-electron chi connectivity index (χ0n) is 10.4. The molecule has 5 heteroatoms. The smallest absolute Gasteiger partial charge is 0.360 e. The van der Waals surface area contributed by atoms with Crippen molar-refractivity contribution in [1.29, 1.82) is 0 Å².